The number of hydrogen-bond donors (Lipinski definition) is 1. The van der Waals surface area contributed by atoms with E-state index in [1.54, 1.807) is 0 Å². The monoisotopic (exact) mass is 364 g/mol. The largest absolute Gasteiger partial charge is 0.342 e. The number of likely N-dealkylation sites (tertiary alicyclic amines) is 1. The highest BCUT2D eigenvalue weighted by molar-refractivity contribution is 5.98. The average molecular weight is 364 g/mol. The third kappa shape index (κ3) is 4.57. The van der Waals surface area contributed by atoms with Gasteiger partial charge in [0.25, 0.3) is 0 Å². The van der Waals surface area contributed by atoms with Gasteiger partial charge in [-0.2, -0.15) is 0 Å². The summed E-state index contributed by atoms with van der Waals surface area (Å²) >= 11 is 0. The van der Waals surface area contributed by atoms with Gasteiger partial charge < -0.3 is 10.2 Å². The number of anilines is 1. The Bertz CT molecular complexity index is 779. The molecule has 1 saturated heterocycles. The molecule has 1 heterocycles. The number of rotatable bonds is 7. The zero-order valence-electron chi connectivity index (χ0n) is 16.2. The molecule has 27 heavy (non-hydrogen) atoms. The predicted molar refractivity (Wildman–Crippen MR) is 109 cm³/mol. The van der Waals surface area contributed by atoms with Gasteiger partial charge in [0.1, 0.15) is 0 Å². The Hall–Kier alpha value is -2.62. The number of nitrogens with one attached hydrogen (secondary N) is 1. The van der Waals surface area contributed by atoms with E-state index in [-0.39, 0.29) is 17.7 Å². The maximum absolute atomic E-state index is 12.8. The van der Waals surface area contributed by atoms with Crippen molar-refractivity contribution in [2.75, 3.05) is 18.4 Å². The van der Waals surface area contributed by atoms with Crippen LogP contribution in [0.15, 0.2) is 48.5 Å². The Balaban J connectivity index is 1.63. The van der Waals surface area contributed by atoms with Gasteiger partial charge in [-0.25, -0.2) is 0 Å². The van der Waals surface area contributed by atoms with Crippen LogP contribution in [0.1, 0.15) is 37.0 Å². The molecule has 0 bridgehead atoms. The highest BCUT2D eigenvalue weighted by Gasteiger charge is 2.34. The first-order valence-electron chi connectivity index (χ1n) is 9.85. The van der Waals surface area contributed by atoms with Crippen molar-refractivity contribution < 1.29 is 9.59 Å². The molecule has 1 fully saturated rings. The molecule has 4 nitrogen and oxygen atoms in total. The molecule has 3 rings (SSSR count). The smallest absolute Gasteiger partial charge is 0.229 e. The molecule has 2 aromatic carbocycles. The van der Waals surface area contributed by atoms with E-state index in [2.05, 4.69) is 43.4 Å². The predicted octanol–water partition coefficient (Wildman–Crippen LogP) is 3.84. The first kappa shape index (κ1) is 19.2. The van der Waals surface area contributed by atoms with Crippen LogP contribution in [-0.2, 0) is 28.9 Å². The molecule has 1 aliphatic rings. The van der Waals surface area contributed by atoms with Crippen molar-refractivity contribution in [2.24, 2.45) is 5.92 Å². The molecular weight excluding hydrogens is 336 g/mol. The number of hydrogen-bond acceptors (Lipinski definition) is 2. The van der Waals surface area contributed by atoms with Crippen LogP contribution in [0.2, 0.25) is 0 Å². The maximum Gasteiger partial charge on any atom is 0.229 e. The molecule has 1 atom stereocenters. The zero-order valence-corrected chi connectivity index (χ0v) is 16.2. The molecule has 4 heteroatoms. The Kier molecular flexibility index (Phi) is 6.28. The molecule has 2 aromatic rings. The highest BCUT2D eigenvalue weighted by atomic mass is 16.2. The van der Waals surface area contributed by atoms with Crippen LogP contribution >= 0.6 is 0 Å². The molecule has 0 aromatic heterocycles. The van der Waals surface area contributed by atoms with Crippen LogP contribution in [-0.4, -0.2) is 29.8 Å². The van der Waals surface area contributed by atoms with Crippen molar-refractivity contribution in [1.29, 1.82) is 0 Å². The summed E-state index contributed by atoms with van der Waals surface area (Å²) in [5, 5.41) is 3.12. The topological polar surface area (TPSA) is 49.4 Å². The molecule has 0 aliphatic carbocycles. The molecule has 142 valence electrons. The fraction of sp³-hybridized carbons (Fsp3) is 0.391. The summed E-state index contributed by atoms with van der Waals surface area (Å²) in [7, 11) is 0. The molecule has 0 spiro atoms. The van der Waals surface area contributed by atoms with E-state index in [9.17, 15) is 9.59 Å². The first-order chi connectivity index (χ1) is 13.1. The lowest BCUT2D eigenvalue weighted by molar-refractivity contribution is -0.128. The number of amides is 2. The standard InChI is InChI=1S/C23H28N2O2/c1-3-18-11-8-12-19(4-2)22(18)24-23(27)20-15-21(26)25(16-20)14-13-17-9-6-5-7-10-17/h5-12,20H,3-4,13-16H2,1-2H3,(H,24,27). The normalized spacial score (nSPS) is 16.6. The lowest BCUT2D eigenvalue weighted by Gasteiger charge is -2.18. The fourth-order valence-electron chi connectivity index (χ4n) is 3.70. The second-order valence-corrected chi connectivity index (χ2v) is 7.12. The van der Waals surface area contributed by atoms with Crippen LogP contribution in [0.3, 0.4) is 0 Å². The number of carbonyl (C=O) groups is 2. The molecule has 0 saturated carbocycles. The summed E-state index contributed by atoms with van der Waals surface area (Å²) in [6, 6.07) is 16.3. The van der Waals surface area contributed by atoms with Gasteiger partial charge in [0, 0.05) is 25.2 Å². The minimum Gasteiger partial charge on any atom is -0.342 e. The van der Waals surface area contributed by atoms with Gasteiger partial charge in [-0.1, -0.05) is 62.4 Å². The molecule has 0 radical (unpaired) electrons. The second-order valence-electron chi connectivity index (χ2n) is 7.12. The van der Waals surface area contributed by atoms with Crippen LogP contribution < -0.4 is 5.32 Å². The molecule has 2 amide bonds. The number of nitrogens with zero attached hydrogens (tertiary/aromatic N) is 1. The Morgan fingerprint density at radius 3 is 2.33 bits per heavy atom. The quantitative estimate of drug-likeness (QED) is 0.811. The minimum atomic E-state index is -0.275. The second kappa shape index (κ2) is 8.85. The summed E-state index contributed by atoms with van der Waals surface area (Å²) < 4.78 is 0. The van der Waals surface area contributed by atoms with Crippen molar-refractivity contribution in [3.05, 3.63) is 65.2 Å². The van der Waals surface area contributed by atoms with Crippen molar-refractivity contribution >= 4 is 17.5 Å². The Morgan fingerprint density at radius 2 is 1.70 bits per heavy atom. The van der Waals surface area contributed by atoms with Crippen LogP contribution in [0.25, 0.3) is 0 Å². The van der Waals surface area contributed by atoms with Crippen molar-refractivity contribution in [2.45, 2.75) is 39.5 Å². The van der Waals surface area contributed by atoms with Crippen molar-refractivity contribution in [1.82, 2.24) is 4.90 Å². The minimum absolute atomic E-state index is 0.0406. The van der Waals surface area contributed by atoms with Gasteiger partial charge in [0.05, 0.1) is 5.92 Å². The van der Waals surface area contributed by atoms with Crippen LogP contribution in [0, 0.1) is 5.92 Å². The first-order valence-corrected chi connectivity index (χ1v) is 9.85. The third-order valence-corrected chi connectivity index (χ3v) is 5.35. The number of aryl methyl sites for hydroxylation is 2. The van der Waals surface area contributed by atoms with Gasteiger partial charge in [0.2, 0.25) is 11.8 Å². The van der Waals surface area contributed by atoms with E-state index in [0.717, 1.165) is 36.1 Å². The Labute approximate surface area is 161 Å². The van der Waals surface area contributed by atoms with E-state index in [0.29, 0.717) is 19.5 Å². The van der Waals surface area contributed by atoms with Crippen LogP contribution in [0.5, 0.6) is 0 Å². The van der Waals surface area contributed by atoms with E-state index in [4.69, 9.17) is 0 Å². The lowest BCUT2D eigenvalue weighted by atomic mass is 10.0. The summed E-state index contributed by atoms with van der Waals surface area (Å²) in [5.74, 6) is -0.241. The van der Waals surface area contributed by atoms with E-state index in [1.807, 2.05) is 29.2 Å². The van der Waals surface area contributed by atoms with Crippen LogP contribution in [0.4, 0.5) is 5.69 Å². The van der Waals surface area contributed by atoms with Crippen molar-refractivity contribution in [3.8, 4) is 0 Å². The van der Waals surface area contributed by atoms with E-state index < -0.39 is 0 Å². The summed E-state index contributed by atoms with van der Waals surface area (Å²) in [6.07, 6.45) is 2.86. The number of benzene rings is 2. The van der Waals surface area contributed by atoms with Gasteiger partial charge in [-0.05, 0) is 36.0 Å². The third-order valence-electron chi connectivity index (χ3n) is 5.35. The molecule has 1 unspecified atom stereocenters. The summed E-state index contributed by atoms with van der Waals surface area (Å²) in [6.45, 7) is 5.36. The summed E-state index contributed by atoms with van der Waals surface area (Å²) in [5.41, 5.74) is 4.44. The number of para-hydroxylation sites is 1. The molecule has 1 aliphatic heterocycles. The molecular formula is C23H28N2O2. The van der Waals surface area contributed by atoms with Crippen molar-refractivity contribution in [3.63, 3.8) is 0 Å². The SMILES string of the molecule is CCc1cccc(CC)c1NC(=O)C1CC(=O)N(CCc2ccccc2)C1. The lowest BCUT2D eigenvalue weighted by Crippen LogP contribution is -2.30. The Morgan fingerprint density at radius 1 is 1.04 bits per heavy atom. The summed E-state index contributed by atoms with van der Waals surface area (Å²) in [4.78, 5) is 27.0. The number of carbonyl (C=O) groups excluding carboxylic acids is 2. The van der Waals surface area contributed by atoms with Gasteiger partial charge >= 0.3 is 0 Å². The fourth-order valence-corrected chi connectivity index (χ4v) is 3.70. The van der Waals surface area contributed by atoms with E-state index in [1.165, 1.54) is 5.56 Å². The maximum atomic E-state index is 12.8. The van der Waals surface area contributed by atoms with Gasteiger partial charge in [-0.15, -0.1) is 0 Å². The van der Waals surface area contributed by atoms with Gasteiger partial charge in [-0.3, -0.25) is 9.59 Å². The van der Waals surface area contributed by atoms with E-state index >= 15 is 0 Å². The van der Waals surface area contributed by atoms with Gasteiger partial charge in [0.15, 0.2) is 0 Å². The zero-order chi connectivity index (χ0) is 19.2. The highest BCUT2D eigenvalue weighted by Crippen LogP contribution is 2.25. The average Bonchev–Trinajstić information content (AvgIpc) is 3.08. The molecule has 1 N–H and O–H groups in total.